The van der Waals surface area contributed by atoms with Crippen LogP contribution in [0.2, 0.25) is 0 Å². The number of likely N-dealkylation sites (tertiary alicyclic amines) is 1. The van der Waals surface area contributed by atoms with Crippen molar-refractivity contribution >= 4 is 28.2 Å². The van der Waals surface area contributed by atoms with Crippen LogP contribution >= 0.6 is 11.3 Å². The maximum atomic E-state index is 13.0. The Labute approximate surface area is 157 Å². The Hall–Kier alpha value is -2.08. The smallest absolute Gasteiger partial charge is 0.291 e. The van der Waals surface area contributed by atoms with Gasteiger partial charge in [-0.2, -0.15) is 0 Å². The summed E-state index contributed by atoms with van der Waals surface area (Å²) in [5.74, 6) is 1.55. The SMILES string of the molecule is Cc1cc(NC(=O)c2ccco2)sc1C(=O)N1CCC2CCCCC2C1. The molecule has 2 unspecified atom stereocenters. The summed E-state index contributed by atoms with van der Waals surface area (Å²) in [4.78, 5) is 27.9. The van der Waals surface area contributed by atoms with E-state index in [-0.39, 0.29) is 17.6 Å². The van der Waals surface area contributed by atoms with E-state index in [4.69, 9.17) is 4.42 Å². The van der Waals surface area contributed by atoms with Crippen LogP contribution in [0.5, 0.6) is 0 Å². The van der Waals surface area contributed by atoms with E-state index in [1.807, 2.05) is 17.9 Å². The molecule has 5 nitrogen and oxygen atoms in total. The maximum absolute atomic E-state index is 13.0. The third-order valence-corrected chi connectivity index (χ3v) is 6.81. The van der Waals surface area contributed by atoms with E-state index >= 15 is 0 Å². The molecule has 0 bridgehead atoms. The summed E-state index contributed by atoms with van der Waals surface area (Å²) < 4.78 is 5.11. The first-order valence-electron chi connectivity index (χ1n) is 9.36. The molecular formula is C20H24N2O3S. The zero-order valence-electron chi connectivity index (χ0n) is 15.0. The minimum Gasteiger partial charge on any atom is -0.459 e. The second-order valence-electron chi connectivity index (χ2n) is 7.40. The number of nitrogens with one attached hydrogen (secondary N) is 1. The molecule has 2 aromatic heterocycles. The summed E-state index contributed by atoms with van der Waals surface area (Å²) in [6.45, 7) is 3.67. The fourth-order valence-electron chi connectivity index (χ4n) is 4.27. The lowest BCUT2D eigenvalue weighted by molar-refractivity contribution is 0.0524. The molecule has 2 atom stereocenters. The number of rotatable bonds is 3. The Morgan fingerprint density at radius 3 is 2.81 bits per heavy atom. The first-order chi connectivity index (χ1) is 12.6. The van der Waals surface area contributed by atoms with Gasteiger partial charge in [0.2, 0.25) is 0 Å². The molecule has 26 heavy (non-hydrogen) atoms. The van der Waals surface area contributed by atoms with Crippen molar-refractivity contribution in [3.05, 3.63) is 40.7 Å². The maximum Gasteiger partial charge on any atom is 0.291 e. The van der Waals surface area contributed by atoms with Crippen molar-refractivity contribution in [3.8, 4) is 0 Å². The van der Waals surface area contributed by atoms with E-state index in [9.17, 15) is 9.59 Å². The molecule has 0 radical (unpaired) electrons. The van der Waals surface area contributed by atoms with Gasteiger partial charge in [-0.25, -0.2) is 0 Å². The molecule has 1 N–H and O–H groups in total. The number of furan rings is 1. The van der Waals surface area contributed by atoms with Crippen molar-refractivity contribution < 1.29 is 14.0 Å². The van der Waals surface area contributed by atoms with E-state index in [0.717, 1.165) is 35.9 Å². The second-order valence-corrected chi connectivity index (χ2v) is 8.45. The highest BCUT2D eigenvalue weighted by atomic mass is 32.1. The van der Waals surface area contributed by atoms with Gasteiger partial charge < -0.3 is 14.6 Å². The molecule has 2 aliphatic rings. The molecule has 4 rings (SSSR count). The molecule has 2 amide bonds. The third kappa shape index (κ3) is 3.43. The highest BCUT2D eigenvalue weighted by Gasteiger charge is 2.34. The van der Waals surface area contributed by atoms with Gasteiger partial charge >= 0.3 is 0 Å². The van der Waals surface area contributed by atoms with Crippen LogP contribution in [-0.2, 0) is 0 Å². The van der Waals surface area contributed by atoms with Crippen LogP contribution in [-0.4, -0.2) is 29.8 Å². The van der Waals surface area contributed by atoms with E-state index in [1.165, 1.54) is 43.3 Å². The number of piperidine rings is 1. The van der Waals surface area contributed by atoms with Crippen LogP contribution in [0.15, 0.2) is 28.9 Å². The Kier molecular flexibility index (Phi) is 4.85. The molecule has 3 heterocycles. The van der Waals surface area contributed by atoms with E-state index in [1.54, 1.807) is 12.1 Å². The molecule has 138 valence electrons. The summed E-state index contributed by atoms with van der Waals surface area (Å²) in [7, 11) is 0. The molecule has 2 aromatic rings. The zero-order valence-corrected chi connectivity index (χ0v) is 15.8. The van der Waals surface area contributed by atoms with Gasteiger partial charge in [-0.05, 0) is 55.4 Å². The molecule has 1 aliphatic heterocycles. The van der Waals surface area contributed by atoms with Crippen molar-refractivity contribution in [1.82, 2.24) is 4.90 Å². The predicted octanol–water partition coefficient (Wildman–Crippen LogP) is 4.55. The zero-order chi connectivity index (χ0) is 18.1. The monoisotopic (exact) mass is 372 g/mol. The average molecular weight is 372 g/mol. The second kappa shape index (κ2) is 7.27. The van der Waals surface area contributed by atoms with Gasteiger partial charge in [0.05, 0.1) is 16.1 Å². The highest BCUT2D eigenvalue weighted by molar-refractivity contribution is 7.18. The number of amides is 2. The Morgan fingerprint density at radius 1 is 1.23 bits per heavy atom. The van der Waals surface area contributed by atoms with Gasteiger partial charge in [-0.3, -0.25) is 9.59 Å². The Bertz CT molecular complexity index is 796. The van der Waals surface area contributed by atoms with Crippen molar-refractivity contribution in [2.24, 2.45) is 11.8 Å². The summed E-state index contributed by atoms with van der Waals surface area (Å²) >= 11 is 1.35. The number of fused-ring (bicyclic) bond motifs is 1. The molecule has 1 aliphatic carbocycles. The number of nitrogens with zero attached hydrogens (tertiary/aromatic N) is 1. The van der Waals surface area contributed by atoms with Crippen LogP contribution in [0.4, 0.5) is 5.00 Å². The molecule has 0 spiro atoms. The lowest BCUT2D eigenvalue weighted by Crippen LogP contribution is -2.44. The van der Waals surface area contributed by atoms with Crippen LogP contribution in [0, 0.1) is 18.8 Å². The lowest BCUT2D eigenvalue weighted by atomic mass is 9.75. The summed E-state index contributed by atoms with van der Waals surface area (Å²) in [5, 5.41) is 3.50. The molecule has 0 aromatic carbocycles. The summed E-state index contributed by atoms with van der Waals surface area (Å²) in [5.41, 5.74) is 0.917. The largest absolute Gasteiger partial charge is 0.459 e. The standard InChI is InChI=1S/C20H24N2O3S/c1-13-11-17(21-19(23)16-7-4-10-25-16)26-18(13)20(24)22-9-8-14-5-2-3-6-15(14)12-22/h4,7,10-11,14-15H,2-3,5-6,8-9,12H2,1H3,(H,21,23). The first-order valence-corrected chi connectivity index (χ1v) is 10.2. The van der Waals surface area contributed by atoms with Gasteiger partial charge in [0.1, 0.15) is 0 Å². The van der Waals surface area contributed by atoms with Crippen molar-refractivity contribution in [2.45, 2.75) is 39.0 Å². The summed E-state index contributed by atoms with van der Waals surface area (Å²) in [6, 6.07) is 5.17. The lowest BCUT2D eigenvalue weighted by Gasteiger charge is -2.41. The number of carbonyl (C=O) groups is 2. The Morgan fingerprint density at radius 2 is 2.04 bits per heavy atom. The fourth-order valence-corrected chi connectivity index (χ4v) is 5.30. The van der Waals surface area contributed by atoms with Crippen LogP contribution < -0.4 is 5.32 Å². The van der Waals surface area contributed by atoms with E-state index in [2.05, 4.69) is 5.32 Å². The molecule has 6 heteroatoms. The predicted molar refractivity (Wildman–Crippen MR) is 102 cm³/mol. The number of carbonyl (C=O) groups excluding carboxylic acids is 2. The van der Waals surface area contributed by atoms with Crippen LogP contribution in [0.1, 0.15) is 57.9 Å². The van der Waals surface area contributed by atoms with Crippen molar-refractivity contribution in [3.63, 3.8) is 0 Å². The fraction of sp³-hybridized carbons (Fsp3) is 0.500. The van der Waals surface area contributed by atoms with Gasteiger partial charge in [-0.1, -0.05) is 19.3 Å². The van der Waals surface area contributed by atoms with E-state index in [0.29, 0.717) is 10.9 Å². The quantitative estimate of drug-likeness (QED) is 0.859. The van der Waals surface area contributed by atoms with Gasteiger partial charge in [0.15, 0.2) is 5.76 Å². The van der Waals surface area contributed by atoms with Crippen LogP contribution in [0.25, 0.3) is 0 Å². The normalized spacial score (nSPS) is 22.7. The molecule has 2 fully saturated rings. The first kappa shape index (κ1) is 17.3. The summed E-state index contributed by atoms with van der Waals surface area (Å²) in [6.07, 6.45) is 7.82. The number of aryl methyl sites for hydroxylation is 1. The van der Waals surface area contributed by atoms with Gasteiger partial charge in [0, 0.05) is 13.1 Å². The van der Waals surface area contributed by atoms with E-state index < -0.39 is 0 Å². The van der Waals surface area contributed by atoms with Gasteiger partial charge in [-0.15, -0.1) is 11.3 Å². The van der Waals surface area contributed by atoms with Crippen molar-refractivity contribution in [2.75, 3.05) is 18.4 Å². The third-order valence-electron chi connectivity index (χ3n) is 5.67. The van der Waals surface area contributed by atoms with Crippen molar-refractivity contribution in [1.29, 1.82) is 0 Å². The average Bonchev–Trinajstić information content (AvgIpc) is 3.30. The molecule has 1 saturated carbocycles. The minimum absolute atomic E-state index is 0.107. The minimum atomic E-state index is -0.293. The number of thiophene rings is 1. The number of anilines is 1. The molecule has 1 saturated heterocycles. The molecular weight excluding hydrogens is 348 g/mol. The highest BCUT2D eigenvalue weighted by Crippen LogP contribution is 2.37. The number of hydrogen-bond donors (Lipinski definition) is 1. The Balaban J connectivity index is 1.45. The topological polar surface area (TPSA) is 62.6 Å². The van der Waals surface area contributed by atoms with Gasteiger partial charge in [0.25, 0.3) is 11.8 Å². The van der Waals surface area contributed by atoms with Crippen LogP contribution in [0.3, 0.4) is 0 Å². The number of hydrogen-bond acceptors (Lipinski definition) is 4.